The molecule has 28 heavy (non-hydrogen) atoms. The van der Waals surface area contributed by atoms with E-state index in [1.165, 1.54) is 0 Å². The number of nitrogens with two attached hydrogens (primary N) is 2. The van der Waals surface area contributed by atoms with Gasteiger partial charge in [-0.25, -0.2) is 4.99 Å². The second-order valence-corrected chi connectivity index (χ2v) is 6.90. The van der Waals surface area contributed by atoms with Crippen LogP contribution in [0, 0.1) is 0 Å². The van der Waals surface area contributed by atoms with Crippen LogP contribution in [-0.4, -0.2) is 15.7 Å². The van der Waals surface area contributed by atoms with Crippen LogP contribution in [0.15, 0.2) is 65.7 Å². The van der Waals surface area contributed by atoms with Crippen LogP contribution in [0.3, 0.4) is 0 Å². The molecule has 0 aliphatic carbocycles. The molecular weight excluding hydrogens is 372 g/mol. The number of aromatic nitrogens is 2. The zero-order chi connectivity index (χ0) is 19.5. The fraction of sp³-hybridized carbons (Fsp3) is 0.0952. The summed E-state index contributed by atoms with van der Waals surface area (Å²) in [6.45, 7) is 0. The molecule has 1 aliphatic heterocycles. The average molecular weight is 391 g/mol. The molecule has 0 radical (unpaired) electrons. The van der Waals surface area contributed by atoms with Crippen LogP contribution in [-0.2, 0) is 0 Å². The number of nitrogens with zero attached hydrogens (tertiary/aromatic N) is 3. The lowest BCUT2D eigenvalue weighted by atomic mass is 10.0. The minimum atomic E-state index is -0.0635. The van der Waals surface area contributed by atoms with Crippen LogP contribution in [0.1, 0.15) is 23.6 Å². The Bertz CT molecular complexity index is 1040. The van der Waals surface area contributed by atoms with E-state index in [-0.39, 0.29) is 17.8 Å². The van der Waals surface area contributed by atoms with E-state index in [1.54, 1.807) is 0 Å². The molecule has 6 nitrogen and oxygen atoms in total. The first-order chi connectivity index (χ1) is 13.6. The van der Waals surface area contributed by atoms with Gasteiger partial charge in [0.15, 0.2) is 11.6 Å². The third kappa shape index (κ3) is 3.97. The highest BCUT2D eigenvalue weighted by Crippen LogP contribution is 2.37. The summed E-state index contributed by atoms with van der Waals surface area (Å²) in [4.78, 5) is 13.1. The van der Waals surface area contributed by atoms with Crippen molar-refractivity contribution in [2.24, 2.45) is 4.99 Å². The minimum Gasteiger partial charge on any atom is -0.382 e. The molecule has 0 saturated carbocycles. The number of aliphatic imine (C=N–C) groups is 1. The van der Waals surface area contributed by atoms with Gasteiger partial charge >= 0.3 is 0 Å². The van der Waals surface area contributed by atoms with E-state index in [9.17, 15) is 0 Å². The number of anilines is 3. The van der Waals surface area contributed by atoms with E-state index in [0.29, 0.717) is 22.9 Å². The monoisotopic (exact) mass is 390 g/mol. The van der Waals surface area contributed by atoms with Gasteiger partial charge in [-0.05, 0) is 29.3 Å². The molecule has 3 aromatic rings. The number of halogens is 1. The van der Waals surface area contributed by atoms with Crippen LogP contribution in [0.5, 0.6) is 0 Å². The Morgan fingerprint density at radius 3 is 2.46 bits per heavy atom. The maximum absolute atomic E-state index is 6.07. The highest BCUT2D eigenvalue weighted by molar-refractivity contribution is 6.30. The Morgan fingerprint density at radius 1 is 0.964 bits per heavy atom. The van der Waals surface area contributed by atoms with Crippen molar-refractivity contribution >= 4 is 46.7 Å². The van der Waals surface area contributed by atoms with Gasteiger partial charge in [0.05, 0.1) is 6.04 Å². The molecule has 0 bridgehead atoms. The van der Waals surface area contributed by atoms with Crippen molar-refractivity contribution in [3.8, 4) is 0 Å². The van der Waals surface area contributed by atoms with Gasteiger partial charge in [-0.2, -0.15) is 9.97 Å². The van der Waals surface area contributed by atoms with Crippen molar-refractivity contribution < 1.29 is 0 Å². The third-order valence-corrected chi connectivity index (χ3v) is 4.70. The molecule has 0 amide bonds. The molecule has 140 valence electrons. The number of hydrogen-bond acceptors (Lipinski definition) is 6. The molecule has 2 aromatic carbocycles. The summed E-state index contributed by atoms with van der Waals surface area (Å²) in [5, 5.41) is 4.09. The van der Waals surface area contributed by atoms with Gasteiger partial charge in [-0.15, -0.1) is 0 Å². The standard InChI is InChI=1S/C21H19ClN6/c22-15-9-7-14(8-10-15)17-12-16(11-6-13-4-2-1-3-5-13)25-18-19(23)27-21(24)28-20(18)26-17/h1-11,17H,12H2,(H5,23,24,26,27,28)/b11-6+. The summed E-state index contributed by atoms with van der Waals surface area (Å²) < 4.78 is 0. The van der Waals surface area contributed by atoms with Crippen LogP contribution >= 0.6 is 11.6 Å². The van der Waals surface area contributed by atoms with E-state index < -0.39 is 0 Å². The molecule has 2 heterocycles. The fourth-order valence-electron chi connectivity index (χ4n) is 3.07. The van der Waals surface area contributed by atoms with E-state index >= 15 is 0 Å². The van der Waals surface area contributed by atoms with Gasteiger partial charge in [0.2, 0.25) is 5.95 Å². The summed E-state index contributed by atoms with van der Waals surface area (Å²) in [5.74, 6) is 0.877. The number of hydrogen-bond donors (Lipinski definition) is 3. The Kier molecular flexibility index (Phi) is 4.95. The molecule has 1 aliphatic rings. The number of nitrogen functional groups attached to an aromatic ring is 2. The van der Waals surface area contributed by atoms with E-state index in [1.807, 2.05) is 66.7 Å². The molecule has 0 spiro atoms. The lowest BCUT2D eigenvalue weighted by molar-refractivity contribution is 0.823. The van der Waals surface area contributed by atoms with Crippen molar-refractivity contribution in [2.45, 2.75) is 12.5 Å². The second kappa shape index (κ2) is 7.70. The summed E-state index contributed by atoms with van der Waals surface area (Å²) in [7, 11) is 0. The smallest absolute Gasteiger partial charge is 0.224 e. The van der Waals surface area contributed by atoms with Crippen LogP contribution in [0.4, 0.5) is 23.3 Å². The average Bonchev–Trinajstić information content (AvgIpc) is 2.87. The van der Waals surface area contributed by atoms with Crippen molar-refractivity contribution in [1.82, 2.24) is 9.97 Å². The normalized spacial score (nSPS) is 16.2. The lowest BCUT2D eigenvalue weighted by Crippen LogP contribution is -2.14. The quantitative estimate of drug-likeness (QED) is 0.604. The zero-order valence-electron chi connectivity index (χ0n) is 15.0. The van der Waals surface area contributed by atoms with E-state index in [2.05, 4.69) is 15.3 Å². The van der Waals surface area contributed by atoms with Crippen LogP contribution in [0.2, 0.25) is 5.02 Å². The second-order valence-electron chi connectivity index (χ2n) is 6.46. The molecule has 0 fully saturated rings. The molecule has 1 atom stereocenters. The topological polar surface area (TPSA) is 102 Å². The first-order valence-corrected chi connectivity index (χ1v) is 9.22. The maximum Gasteiger partial charge on any atom is 0.224 e. The minimum absolute atomic E-state index is 0.0635. The Balaban J connectivity index is 1.75. The van der Waals surface area contributed by atoms with Gasteiger partial charge in [0.25, 0.3) is 0 Å². The van der Waals surface area contributed by atoms with Gasteiger partial charge in [-0.1, -0.05) is 60.1 Å². The van der Waals surface area contributed by atoms with Crippen molar-refractivity contribution in [2.75, 3.05) is 16.8 Å². The number of benzene rings is 2. The van der Waals surface area contributed by atoms with Crippen molar-refractivity contribution in [3.05, 3.63) is 76.8 Å². The maximum atomic E-state index is 6.07. The van der Waals surface area contributed by atoms with E-state index in [0.717, 1.165) is 16.8 Å². The largest absolute Gasteiger partial charge is 0.382 e. The molecule has 1 unspecified atom stereocenters. The molecule has 4 rings (SSSR count). The molecule has 1 aromatic heterocycles. The highest BCUT2D eigenvalue weighted by Gasteiger charge is 2.22. The van der Waals surface area contributed by atoms with Gasteiger partial charge in [-0.3, -0.25) is 0 Å². The first kappa shape index (κ1) is 18.0. The Morgan fingerprint density at radius 2 is 1.71 bits per heavy atom. The number of fused-ring (bicyclic) bond motifs is 1. The highest BCUT2D eigenvalue weighted by atomic mass is 35.5. The van der Waals surface area contributed by atoms with Crippen LogP contribution < -0.4 is 16.8 Å². The summed E-state index contributed by atoms with van der Waals surface area (Å²) in [6, 6.07) is 17.7. The van der Waals surface area contributed by atoms with Gasteiger partial charge in [0.1, 0.15) is 5.69 Å². The summed E-state index contributed by atoms with van der Waals surface area (Å²) >= 11 is 6.04. The SMILES string of the molecule is Nc1nc(N)c2c(n1)NC(c1ccc(Cl)cc1)CC(/C=C/c1ccccc1)=N2. The predicted octanol–water partition coefficient (Wildman–Crippen LogP) is 4.64. The Hall–Kier alpha value is -3.38. The van der Waals surface area contributed by atoms with E-state index in [4.69, 9.17) is 28.1 Å². The summed E-state index contributed by atoms with van der Waals surface area (Å²) in [6.07, 6.45) is 4.66. The lowest BCUT2D eigenvalue weighted by Gasteiger charge is -2.18. The zero-order valence-corrected chi connectivity index (χ0v) is 15.8. The van der Waals surface area contributed by atoms with Crippen molar-refractivity contribution in [3.63, 3.8) is 0 Å². The Labute approximate surface area is 168 Å². The van der Waals surface area contributed by atoms with Gasteiger partial charge < -0.3 is 16.8 Å². The number of rotatable bonds is 3. The molecular formula is C21H19ClN6. The molecule has 5 N–H and O–H groups in total. The van der Waals surface area contributed by atoms with Crippen LogP contribution in [0.25, 0.3) is 6.08 Å². The predicted molar refractivity (Wildman–Crippen MR) is 116 cm³/mol. The number of nitrogens with one attached hydrogen (secondary N) is 1. The number of allylic oxidation sites excluding steroid dienone is 1. The first-order valence-electron chi connectivity index (χ1n) is 8.84. The molecule has 0 saturated heterocycles. The van der Waals surface area contributed by atoms with Gasteiger partial charge in [0, 0.05) is 17.2 Å². The molecule has 7 heteroatoms. The van der Waals surface area contributed by atoms with Crippen molar-refractivity contribution in [1.29, 1.82) is 0 Å². The fourth-order valence-corrected chi connectivity index (χ4v) is 3.20. The summed E-state index contributed by atoms with van der Waals surface area (Å²) in [5.41, 5.74) is 15.4. The third-order valence-electron chi connectivity index (χ3n) is 4.45.